The zero-order chi connectivity index (χ0) is 29.4. The average Bonchev–Trinajstić information content (AvgIpc) is 3.54. The first-order valence-electron chi connectivity index (χ1n) is 13.1. The first-order chi connectivity index (χ1) is 20.3. The molecule has 0 spiro atoms. The van der Waals surface area contributed by atoms with Crippen LogP contribution in [0.3, 0.4) is 0 Å². The summed E-state index contributed by atoms with van der Waals surface area (Å²) < 4.78 is 52.5. The number of nitrogens with two attached hydrogens (primary N) is 1. The number of carbonyl (C=O) groups is 1. The predicted octanol–water partition coefficient (Wildman–Crippen LogP) is 5.80. The molecule has 1 fully saturated rings. The minimum atomic E-state index is -1.65. The molecule has 1 atom stereocenters. The van der Waals surface area contributed by atoms with E-state index in [2.05, 4.69) is 24.5 Å². The maximum Gasteiger partial charge on any atom is 0.214 e. The first kappa shape index (κ1) is 27.4. The second-order valence-corrected chi connectivity index (χ2v) is 11.0. The number of rotatable bonds is 10. The van der Waals surface area contributed by atoms with Crippen molar-refractivity contribution in [3.63, 3.8) is 0 Å². The first-order valence-corrected chi connectivity index (χ1v) is 14.3. The van der Waals surface area contributed by atoms with E-state index in [1.54, 1.807) is 36.4 Å². The number of ketones is 1. The number of hydrogen-bond acceptors (Lipinski definition) is 6. The Morgan fingerprint density at radius 1 is 1.14 bits per heavy atom. The van der Waals surface area contributed by atoms with E-state index in [0.29, 0.717) is 22.3 Å². The van der Waals surface area contributed by atoms with Crippen molar-refractivity contribution in [1.82, 2.24) is 19.5 Å². The molecule has 42 heavy (non-hydrogen) atoms. The number of benzene rings is 3. The van der Waals surface area contributed by atoms with E-state index in [-0.39, 0.29) is 40.3 Å². The van der Waals surface area contributed by atoms with Crippen LogP contribution < -0.4 is 24.9 Å². The van der Waals surface area contributed by atoms with Crippen LogP contribution in [0.4, 0.5) is 20.4 Å². The maximum atomic E-state index is 14.0. The monoisotopic (exact) mass is 592 g/mol. The number of nitrogens with zero attached hydrogens (tertiary/aromatic N) is 2. The van der Waals surface area contributed by atoms with Gasteiger partial charge in [-0.1, -0.05) is 18.6 Å². The smallest absolute Gasteiger partial charge is 0.214 e. The molecule has 0 aliphatic heterocycles. The second kappa shape index (κ2) is 11.3. The summed E-state index contributed by atoms with van der Waals surface area (Å²) in [6.45, 7) is 1.81. The van der Waals surface area contributed by atoms with E-state index >= 15 is 0 Å². The van der Waals surface area contributed by atoms with Gasteiger partial charge in [-0.25, -0.2) is 18.0 Å². The van der Waals surface area contributed by atoms with E-state index in [9.17, 15) is 17.9 Å². The Morgan fingerprint density at radius 2 is 1.95 bits per heavy atom. The molecular weight excluding hydrogens is 566 g/mol. The Labute approximate surface area is 241 Å². The van der Waals surface area contributed by atoms with Crippen LogP contribution in [0, 0.1) is 12.7 Å². The Bertz CT molecular complexity index is 1830. The third-order valence-electron chi connectivity index (χ3n) is 7.14. The van der Waals surface area contributed by atoms with E-state index in [1.165, 1.54) is 35.1 Å². The molecule has 6 rings (SSSR count). The quantitative estimate of drug-likeness (QED) is 0.151. The number of aromatic amines is 1. The number of halogens is 2. The van der Waals surface area contributed by atoms with E-state index < -0.39 is 22.8 Å². The van der Waals surface area contributed by atoms with Crippen molar-refractivity contribution in [2.45, 2.75) is 32.2 Å². The fourth-order valence-corrected chi connectivity index (χ4v) is 5.64. The summed E-state index contributed by atoms with van der Waals surface area (Å²) in [5.41, 5.74) is 8.69. The molecule has 1 unspecified atom stereocenters. The fourth-order valence-electron chi connectivity index (χ4n) is 4.69. The summed E-state index contributed by atoms with van der Waals surface area (Å²) in [5.74, 6) is -0.450. The molecule has 13 heteroatoms. The topological polar surface area (TPSA) is 136 Å². The number of anilines is 2. The van der Waals surface area contributed by atoms with Crippen LogP contribution >= 0.6 is 0 Å². The number of aryl methyl sites for hydroxylation is 1. The number of aromatic nitrogens is 3. The lowest BCUT2D eigenvalue weighted by Gasteiger charge is -2.25. The zero-order valence-electron chi connectivity index (χ0n) is 22.3. The molecule has 216 valence electrons. The van der Waals surface area contributed by atoms with Gasteiger partial charge in [0.05, 0.1) is 28.8 Å². The van der Waals surface area contributed by atoms with Crippen LogP contribution in [0.15, 0.2) is 66.9 Å². The van der Waals surface area contributed by atoms with Crippen molar-refractivity contribution in [2.75, 3.05) is 10.5 Å². The van der Waals surface area contributed by atoms with Gasteiger partial charge < -0.3 is 15.5 Å². The van der Waals surface area contributed by atoms with Gasteiger partial charge in [0.15, 0.2) is 28.5 Å². The number of nitrogens with one attached hydrogen (secondary N) is 3. The van der Waals surface area contributed by atoms with Crippen molar-refractivity contribution in [3.05, 3.63) is 89.5 Å². The Balaban J connectivity index is 1.23. The number of H-pyrrole nitrogens is 1. The molecular formula is C29H26F2N6O4S. The molecule has 2 heterocycles. The van der Waals surface area contributed by atoms with Crippen LogP contribution in [0.5, 0.6) is 17.2 Å². The highest BCUT2D eigenvalue weighted by Crippen LogP contribution is 2.33. The average molecular weight is 593 g/mol. The van der Waals surface area contributed by atoms with Gasteiger partial charge in [0, 0.05) is 21.5 Å². The van der Waals surface area contributed by atoms with Gasteiger partial charge in [0.25, 0.3) is 0 Å². The summed E-state index contributed by atoms with van der Waals surface area (Å²) >= 11 is -1.65. The number of para-hydroxylation sites is 1. The molecule has 1 saturated carbocycles. The van der Waals surface area contributed by atoms with Crippen LogP contribution in [-0.2, 0) is 11.2 Å². The Morgan fingerprint density at radius 3 is 2.67 bits per heavy atom. The third kappa shape index (κ3) is 5.31. The number of fused-ring (bicyclic) bond motifs is 1. The third-order valence-corrected chi connectivity index (χ3v) is 8.09. The summed E-state index contributed by atoms with van der Waals surface area (Å²) in [6.07, 6.45) is 4.29. The highest BCUT2D eigenvalue weighted by Gasteiger charge is 2.23. The lowest BCUT2D eigenvalue weighted by Crippen LogP contribution is -2.38. The maximum absolute atomic E-state index is 14.0. The number of nitrogen functional groups attached to an aromatic ring is 1. The van der Waals surface area contributed by atoms with Crippen molar-refractivity contribution < 1.29 is 27.6 Å². The Kier molecular flexibility index (Phi) is 7.35. The SMILES string of the molecule is Cc1cc(Oc2ccccc2F)ccc1-n1ncc(C(=O)c2cc3cc(OF)c(NS(=O)NC4CCC4)cc3[nH]2)c1N. The molecule has 2 aromatic heterocycles. The summed E-state index contributed by atoms with van der Waals surface area (Å²) in [7, 11) is 0. The van der Waals surface area contributed by atoms with Crippen LogP contribution in [0.2, 0.25) is 0 Å². The van der Waals surface area contributed by atoms with Crippen molar-refractivity contribution in [3.8, 4) is 22.9 Å². The van der Waals surface area contributed by atoms with E-state index in [4.69, 9.17) is 10.5 Å². The molecule has 3 aromatic carbocycles. The van der Waals surface area contributed by atoms with Crippen molar-refractivity contribution >= 4 is 39.4 Å². The van der Waals surface area contributed by atoms with Crippen LogP contribution in [-0.4, -0.2) is 30.8 Å². The van der Waals surface area contributed by atoms with Gasteiger partial charge >= 0.3 is 0 Å². The molecule has 1 aliphatic rings. The standard InChI is InChI=1S/C29H26F2N6O4S/c1-16-11-19(40-26-8-3-2-7-21(26)30)9-10-25(16)37-29(32)20(15-33-37)28(38)24-12-17-13-27(41-31)23(14-22(17)34-24)36-42(39)35-18-5-4-6-18/h2-3,7-15,18,34-36H,4-6,32H2,1H3. The second-order valence-electron chi connectivity index (χ2n) is 9.98. The van der Waals surface area contributed by atoms with Gasteiger partial charge in [-0.05, 0) is 73.9 Å². The van der Waals surface area contributed by atoms with Gasteiger partial charge in [0.1, 0.15) is 11.6 Å². The number of hydrogen-bond donors (Lipinski definition) is 4. The van der Waals surface area contributed by atoms with Crippen LogP contribution in [0.25, 0.3) is 16.6 Å². The molecule has 5 N–H and O–H groups in total. The van der Waals surface area contributed by atoms with E-state index in [0.717, 1.165) is 24.8 Å². The minimum Gasteiger partial charge on any atom is -0.454 e. The largest absolute Gasteiger partial charge is 0.454 e. The highest BCUT2D eigenvalue weighted by molar-refractivity contribution is 7.84. The zero-order valence-corrected chi connectivity index (χ0v) is 23.1. The molecule has 10 nitrogen and oxygen atoms in total. The molecule has 0 amide bonds. The van der Waals surface area contributed by atoms with Gasteiger partial charge in [-0.3, -0.25) is 14.5 Å². The molecule has 1 aliphatic carbocycles. The van der Waals surface area contributed by atoms with Crippen molar-refractivity contribution in [2.24, 2.45) is 0 Å². The van der Waals surface area contributed by atoms with Gasteiger partial charge in [-0.15, -0.1) is 0 Å². The van der Waals surface area contributed by atoms with Crippen molar-refractivity contribution in [1.29, 1.82) is 0 Å². The number of carbonyl (C=O) groups excluding carboxylic acids is 1. The molecule has 0 radical (unpaired) electrons. The normalized spacial score (nSPS) is 14.0. The minimum absolute atomic E-state index is 0.0983. The van der Waals surface area contributed by atoms with E-state index in [1.807, 2.05) is 6.92 Å². The van der Waals surface area contributed by atoms with Gasteiger partial charge in [0.2, 0.25) is 5.78 Å². The predicted molar refractivity (Wildman–Crippen MR) is 155 cm³/mol. The summed E-state index contributed by atoms with van der Waals surface area (Å²) in [5, 5.41) is 4.82. The highest BCUT2D eigenvalue weighted by atomic mass is 32.2. The lowest BCUT2D eigenvalue weighted by molar-refractivity contribution is -0.00505. The summed E-state index contributed by atoms with van der Waals surface area (Å²) in [4.78, 5) is 20.5. The van der Waals surface area contributed by atoms with Crippen LogP contribution in [0.1, 0.15) is 40.9 Å². The molecule has 0 saturated heterocycles. The number of ether oxygens (including phenoxy) is 1. The summed E-state index contributed by atoms with van der Waals surface area (Å²) in [6, 6.07) is 15.8. The Hall–Kier alpha value is -4.75. The lowest BCUT2D eigenvalue weighted by atomic mass is 9.94. The van der Waals surface area contributed by atoms with Gasteiger partial charge in [-0.2, -0.15) is 5.10 Å². The molecule has 5 aromatic rings. The molecule has 0 bridgehead atoms. The fraction of sp³-hybridized carbons (Fsp3) is 0.172.